The van der Waals surface area contributed by atoms with Gasteiger partial charge in [0.1, 0.15) is 0 Å². The number of hydrogen-bond donors (Lipinski definition) is 0. The number of urea groups is 1. The van der Waals surface area contributed by atoms with E-state index < -0.39 is 0 Å². The molecule has 3 aliphatic heterocycles. The highest BCUT2D eigenvalue weighted by atomic mass is 16.7. The maximum absolute atomic E-state index is 13.2. The summed E-state index contributed by atoms with van der Waals surface area (Å²) in [5.74, 6) is 1.55. The van der Waals surface area contributed by atoms with Crippen LogP contribution in [0.5, 0.6) is 11.5 Å². The van der Waals surface area contributed by atoms with Crippen LogP contribution in [-0.4, -0.2) is 67.3 Å². The molecule has 0 bridgehead atoms. The van der Waals surface area contributed by atoms with Crippen LogP contribution in [0.4, 0.5) is 4.79 Å². The van der Waals surface area contributed by atoms with Gasteiger partial charge in [-0.2, -0.15) is 0 Å². The maximum atomic E-state index is 13.2. The number of rotatable bonds is 4. The molecule has 2 amide bonds. The quantitative estimate of drug-likeness (QED) is 0.763. The van der Waals surface area contributed by atoms with E-state index in [4.69, 9.17) is 9.47 Å². The summed E-state index contributed by atoms with van der Waals surface area (Å²) in [6.45, 7) is 5.32. The van der Waals surface area contributed by atoms with Gasteiger partial charge < -0.3 is 24.2 Å². The molecule has 146 valence electrons. The molecule has 0 N–H and O–H groups in total. The Bertz CT molecular complexity index is 713. The van der Waals surface area contributed by atoms with Crippen LogP contribution in [0.15, 0.2) is 29.8 Å². The lowest BCUT2D eigenvalue weighted by atomic mass is 10.1. The lowest BCUT2D eigenvalue weighted by Crippen LogP contribution is -2.46. The molecule has 0 unspecified atom stereocenters. The van der Waals surface area contributed by atoms with Crippen molar-refractivity contribution in [2.24, 2.45) is 0 Å². The summed E-state index contributed by atoms with van der Waals surface area (Å²) in [7, 11) is 2.14. The molecule has 27 heavy (non-hydrogen) atoms. The molecule has 6 nitrogen and oxygen atoms in total. The van der Waals surface area contributed by atoms with E-state index in [1.54, 1.807) is 0 Å². The third-order valence-electron chi connectivity index (χ3n) is 5.52. The molecule has 0 aromatic heterocycles. The number of piperidine rings is 1. The van der Waals surface area contributed by atoms with E-state index in [1.807, 2.05) is 28.0 Å². The normalized spacial score (nSPS) is 19.7. The van der Waals surface area contributed by atoms with E-state index in [9.17, 15) is 4.79 Å². The summed E-state index contributed by atoms with van der Waals surface area (Å²) in [6.07, 6.45) is 6.80. The van der Waals surface area contributed by atoms with E-state index in [1.165, 1.54) is 12.0 Å². The minimum Gasteiger partial charge on any atom is -0.454 e. The Morgan fingerprint density at radius 1 is 1.07 bits per heavy atom. The van der Waals surface area contributed by atoms with Crippen LogP contribution < -0.4 is 9.47 Å². The number of benzene rings is 1. The molecule has 0 atom stereocenters. The molecule has 0 spiro atoms. The van der Waals surface area contributed by atoms with E-state index >= 15 is 0 Å². The third-order valence-corrected chi connectivity index (χ3v) is 5.52. The summed E-state index contributed by atoms with van der Waals surface area (Å²) in [6, 6.07) is 6.13. The average Bonchev–Trinajstić information content (AvgIpc) is 3.15. The van der Waals surface area contributed by atoms with Crippen molar-refractivity contribution in [1.82, 2.24) is 14.7 Å². The van der Waals surface area contributed by atoms with Gasteiger partial charge in [0.05, 0.1) is 0 Å². The van der Waals surface area contributed by atoms with Gasteiger partial charge in [0.25, 0.3) is 0 Å². The molecular weight excluding hydrogens is 342 g/mol. The zero-order chi connectivity index (χ0) is 18.6. The third kappa shape index (κ3) is 4.38. The van der Waals surface area contributed by atoms with Crippen LogP contribution in [0, 0.1) is 0 Å². The Hall–Kier alpha value is -2.21. The van der Waals surface area contributed by atoms with Crippen molar-refractivity contribution in [2.75, 3.05) is 46.6 Å². The van der Waals surface area contributed by atoms with Crippen molar-refractivity contribution < 1.29 is 14.3 Å². The highest BCUT2D eigenvalue weighted by Gasteiger charge is 2.25. The Morgan fingerprint density at radius 2 is 1.89 bits per heavy atom. The number of amides is 2. The zero-order valence-electron chi connectivity index (χ0n) is 16.2. The fraction of sp³-hybridized carbons (Fsp3) is 0.571. The second-order valence-corrected chi connectivity index (χ2v) is 7.76. The maximum Gasteiger partial charge on any atom is 0.320 e. The fourth-order valence-electron chi connectivity index (χ4n) is 4.08. The van der Waals surface area contributed by atoms with Crippen LogP contribution in [0.3, 0.4) is 0 Å². The molecule has 3 aliphatic rings. The number of ether oxygens (including phenoxy) is 2. The minimum atomic E-state index is 0.154. The molecule has 1 fully saturated rings. The van der Waals surface area contributed by atoms with Gasteiger partial charge in [0.15, 0.2) is 11.5 Å². The first-order chi connectivity index (χ1) is 13.2. The summed E-state index contributed by atoms with van der Waals surface area (Å²) < 4.78 is 10.9. The summed E-state index contributed by atoms with van der Waals surface area (Å²) >= 11 is 0. The molecule has 3 heterocycles. The van der Waals surface area contributed by atoms with Gasteiger partial charge in [0, 0.05) is 39.3 Å². The molecule has 1 aromatic rings. The standard InChI is InChI=1S/C21H29N3O3/c1-22-9-5-6-18(13-22)15-24(21(25)23-10-3-2-4-11-23)14-17-7-8-19-20(12-17)27-16-26-19/h6-8,12H,2-5,9-11,13-16H2,1H3. The Morgan fingerprint density at radius 3 is 2.70 bits per heavy atom. The van der Waals surface area contributed by atoms with Crippen molar-refractivity contribution in [3.63, 3.8) is 0 Å². The van der Waals surface area contributed by atoms with E-state index in [-0.39, 0.29) is 12.8 Å². The van der Waals surface area contributed by atoms with Gasteiger partial charge in [-0.15, -0.1) is 0 Å². The van der Waals surface area contributed by atoms with Crippen LogP contribution >= 0.6 is 0 Å². The van der Waals surface area contributed by atoms with Gasteiger partial charge in [-0.1, -0.05) is 12.1 Å². The van der Waals surface area contributed by atoms with Crippen LogP contribution in [0.2, 0.25) is 0 Å². The fourth-order valence-corrected chi connectivity index (χ4v) is 4.08. The minimum absolute atomic E-state index is 0.154. The highest BCUT2D eigenvalue weighted by Crippen LogP contribution is 2.33. The first kappa shape index (κ1) is 18.2. The van der Waals surface area contributed by atoms with Gasteiger partial charge in [-0.05, 0) is 56.0 Å². The number of carbonyl (C=O) groups excluding carboxylic acids is 1. The van der Waals surface area contributed by atoms with Crippen LogP contribution in [0.1, 0.15) is 31.2 Å². The van der Waals surface area contributed by atoms with Gasteiger partial charge >= 0.3 is 6.03 Å². The van der Waals surface area contributed by atoms with Crippen molar-refractivity contribution in [1.29, 1.82) is 0 Å². The number of nitrogens with zero attached hydrogens (tertiary/aromatic N) is 3. The number of likely N-dealkylation sites (N-methyl/N-ethyl adjacent to an activating group) is 1. The Balaban J connectivity index is 1.51. The smallest absolute Gasteiger partial charge is 0.320 e. The van der Waals surface area contributed by atoms with Gasteiger partial charge in [0.2, 0.25) is 6.79 Å². The number of fused-ring (bicyclic) bond motifs is 1. The topological polar surface area (TPSA) is 45.3 Å². The van der Waals surface area contributed by atoms with E-state index in [0.717, 1.165) is 62.5 Å². The summed E-state index contributed by atoms with van der Waals surface area (Å²) in [5, 5.41) is 0. The van der Waals surface area contributed by atoms with Gasteiger partial charge in [-0.25, -0.2) is 4.79 Å². The molecule has 1 saturated heterocycles. The second-order valence-electron chi connectivity index (χ2n) is 7.76. The molecular formula is C21H29N3O3. The van der Waals surface area contributed by atoms with E-state index in [2.05, 4.69) is 18.0 Å². The first-order valence-corrected chi connectivity index (χ1v) is 9.98. The van der Waals surface area contributed by atoms with Crippen molar-refractivity contribution in [2.45, 2.75) is 32.2 Å². The first-order valence-electron chi connectivity index (χ1n) is 9.98. The van der Waals surface area contributed by atoms with E-state index in [0.29, 0.717) is 13.1 Å². The number of hydrogen-bond acceptors (Lipinski definition) is 4. The zero-order valence-corrected chi connectivity index (χ0v) is 16.2. The lowest BCUT2D eigenvalue weighted by molar-refractivity contribution is 0.143. The SMILES string of the molecule is CN1CCC=C(CN(Cc2ccc3c(c2)OCO3)C(=O)N2CCCCC2)C1. The number of likely N-dealkylation sites (tertiary alicyclic amines) is 1. The second kappa shape index (κ2) is 8.21. The predicted octanol–water partition coefficient (Wildman–Crippen LogP) is 3.09. The lowest BCUT2D eigenvalue weighted by Gasteiger charge is -2.35. The molecule has 0 aliphatic carbocycles. The van der Waals surface area contributed by atoms with Crippen molar-refractivity contribution in [3.8, 4) is 11.5 Å². The summed E-state index contributed by atoms with van der Waals surface area (Å²) in [5.41, 5.74) is 2.41. The Labute approximate surface area is 161 Å². The van der Waals surface area contributed by atoms with Gasteiger partial charge in [-0.3, -0.25) is 0 Å². The molecule has 6 heteroatoms. The molecule has 0 radical (unpaired) electrons. The average molecular weight is 371 g/mol. The number of carbonyl (C=O) groups is 1. The van der Waals surface area contributed by atoms with Crippen molar-refractivity contribution >= 4 is 6.03 Å². The molecule has 0 saturated carbocycles. The predicted molar refractivity (Wildman–Crippen MR) is 104 cm³/mol. The largest absolute Gasteiger partial charge is 0.454 e. The molecule has 1 aromatic carbocycles. The molecule has 4 rings (SSSR count). The highest BCUT2D eigenvalue weighted by molar-refractivity contribution is 5.75. The summed E-state index contributed by atoms with van der Waals surface area (Å²) in [4.78, 5) is 19.6. The Kier molecular flexibility index (Phi) is 5.53. The van der Waals surface area contributed by atoms with Crippen molar-refractivity contribution in [3.05, 3.63) is 35.4 Å². The van der Waals surface area contributed by atoms with Crippen LogP contribution in [0.25, 0.3) is 0 Å². The monoisotopic (exact) mass is 371 g/mol. The van der Waals surface area contributed by atoms with Crippen LogP contribution in [-0.2, 0) is 6.54 Å².